The summed E-state index contributed by atoms with van der Waals surface area (Å²) in [4.78, 5) is 13.1. The van der Waals surface area contributed by atoms with Crippen molar-refractivity contribution in [2.24, 2.45) is 11.8 Å². The summed E-state index contributed by atoms with van der Waals surface area (Å²) < 4.78 is 4.72. The van der Waals surface area contributed by atoms with E-state index in [1.807, 2.05) is 4.90 Å². The molecule has 0 aromatic carbocycles. The Balaban J connectivity index is 1.97. The molecule has 1 amide bonds. The van der Waals surface area contributed by atoms with Crippen LogP contribution in [-0.2, 0) is 4.74 Å². The van der Waals surface area contributed by atoms with Crippen LogP contribution in [0.2, 0.25) is 0 Å². The second kappa shape index (κ2) is 3.54. The number of nitrogens with one attached hydrogen (secondary N) is 1. The van der Waals surface area contributed by atoms with Gasteiger partial charge >= 0.3 is 6.09 Å². The smallest absolute Gasteiger partial charge is 0.409 e. The van der Waals surface area contributed by atoms with Gasteiger partial charge in [-0.15, -0.1) is 0 Å². The van der Waals surface area contributed by atoms with Gasteiger partial charge in [-0.3, -0.25) is 0 Å². The molecule has 0 spiro atoms. The van der Waals surface area contributed by atoms with Crippen LogP contribution in [0.3, 0.4) is 0 Å². The average molecular weight is 184 g/mol. The molecule has 2 atom stereocenters. The minimum atomic E-state index is -0.170. The maximum atomic E-state index is 11.3. The Kier molecular flexibility index (Phi) is 2.40. The molecule has 4 nitrogen and oxygen atoms in total. The number of amides is 1. The summed E-state index contributed by atoms with van der Waals surface area (Å²) in [5.74, 6) is 1.26. The summed E-state index contributed by atoms with van der Waals surface area (Å²) in [5, 5.41) is 3.39. The molecule has 2 aliphatic rings. The van der Waals surface area contributed by atoms with Crippen molar-refractivity contribution in [3.63, 3.8) is 0 Å². The summed E-state index contributed by atoms with van der Waals surface area (Å²) in [6, 6.07) is 0. The molecular weight excluding hydrogens is 168 g/mol. The van der Waals surface area contributed by atoms with Gasteiger partial charge in [0.05, 0.1) is 7.11 Å². The highest BCUT2D eigenvalue weighted by atomic mass is 16.5. The molecule has 2 saturated heterocycles. The standard InChI is InChI=1S/C9H16N2O2/c1-13-9(12)11-5-7-2-8(6-11)4-10-3-7/h7-8,10H,2-6H2,1H3/t7-,8+. The van der Waals surface area contributed by atoms with Gasteiger partial charge in [-0.1, -0.05) is 0 Å². The molecule has 1 N–H and O–H groups in total. The zero-order valence-corrected chi connectivity index (χ0v) is 7.95. The van der Waals surface area contributed by atoms with Crippen LogP contribution in [0.5, 0.6) is 0 Å². The van der Waals surface area contributed by atoms with Crippen molar-refractivity contribution in [1.29, 1.82) is 0 Å². The molecule has 2 aliphatic heterocycles. The lowest BCUT2D eigenvalue weighted by atomic mass is 9.86. The molecule has 74 valence electrons. The quantitative estimate of drug-likeness (QED) is 0.588. The molecule has 0 unspecified atom stereocenters. The molecular formula is C9H16N2O2. The Morgan fingerprint density at radius 1 is 1.38 bits per heavy atom. The number of carbonyl (C=O) groups is 1. The van der Waals surface area contributed by atoms with E-state index in [1.165, 1.54) is 13.5 Å². The Labute approximate surface area is 78.2 Å². The van der Waals surface area contributed by atoms with Crippen LogP contribution in [0, 0.1) is 11.8 Å². The van der Waals surface area contributed by atoms with E-state index < -0.39 is 0 Å². The zero-order chi connectivity index (χ0) is 9.26. The van der Waals surface area contributed by atoms with Gasteiger partial charge in [-0.25, -0.2) is 4.79 Å². The molecule has 13 heavy (non-hydrogen) atoms. The minimum Gasteiger partial charge on any atom is -0.453 e. The minimum absolute atomic E-state index is 0.170. The van der Waals surface area contributed by atoms with Crippen molar-refractivity contribution < 1.29 is 9.53 Å². The highest BCUT2D eigenvalue weighted by molar-refractivity contribution is 5.67. The molecule has 2 fully saturated rings. The van der Waals surface area contributed by atoms with Gasteiger partial charge < -0.3 is 15.0 Å². The molecule has 0 aromatic heterocycles. The van der Waals surface area contributed by atoms with Crippen LogP contribution in [0.15, 0.2) is 0 Å². The maximum absolute atomic E-state index is 11.3. The fraction of sp³-hybridized carbons (Fsp3) is 0.889. The number of methoxy groups -OCH3 is 1. The van der Waals surface area contributed by atoms with Gasteiger partial charge in [-0.05, 0) is 31.3 Å². The van der Waals surface area contributed by atoms with E-state index in [2.05, 4.69) is 5.32 Å². The van der Waals surface area contributed by atoms with Gasteiger partial charge in [-0.2, -0.15) is 0 Å². The van der Waals surface area contributed by atoms with Gasteiger partial charge in [0.1, 0.15) is 0 Å². The molecule has 0 aromatic rings. The van der Waals surface area contributed by atoms with E-state index in [9.17, 15) is 4.79 Å². The van der Waals surface area contributed by atoms with Gasteiger partial charge in [0.2, 0.25) is 0 Å². The Morgan fingerprint density at radius 2 is 2.00 bits per heavy atom. The fourth-order valence-corrected chi connectivity index (χ4v) is 2.38. The van der Waals surface area contributed by atoms with Crippen LogP contribution >= 0.6 is 0 Å². The normalized spacial score (nSPS) is 32.8. The number of carbonyl (C=O) groups excluding carboxylic acids is 1. The van der Waals surface area contributed by atoms with Crippen LogP contribution < -0.4 is 5.32 Å². The average Bonchev–Trinajstić information content (AvgIpc) is 2.16. The lowest BCUT2D eigenvalue weighted by Gasteiger charge is -2.40. The number of nitrogens with zero attached hydrogens (tertiary/aromatic N) is 1. The fourth-order valence-electron chi connectivity index (χ4n) is 2.38. The Morgan fingerprint density at radius 3 is 2.54 bits per heavy atom. The second-order valence-corrected chi connectivity index (χ2v) is 4.00. The predicted octanol–water partition coefficient (Wildman–Crippen LogP) is 0.294. The molecule has 2 rings (SSSR count). The SMILES string of the molecule is COC(=O)N1C[C@@H]2CNC[C@@H](C2)C1. The first-order valence-electron chi connectivity index (χ1n) is 4.83. The number of rotatable bonds is 0. The van der Waals surface area contributed by atoms with E-state index >= 15 is 0 Å². The topological polar surface area (TPSA) is 41.6 Å². The highest BCUT2D eigenvalue weighted by Crippen LogP contribution is 2.24. The number of fused-ring (bicyclic) bond motifs is 2. The third-order valence-electron chi connectivity index (χ3n) is 2.92. The molecule has 2 bridgehead atoms. The summed E-state index contributed by atoms with van der Waals surface area (Å²) in [6.45, 7) is 3.81. The molecule has 0 radical (unpaired) electrons. The van der Waals surface area contributed by atoms with Crippen molar-refractivity contribution in [3.05, 3.63) is 0 Å². The lowest BCUT2D eigenvalue weighted by molar-refractivity contribution is 0.0714. The molecule has 4 heteroatoms. The van der Waals surface area contributed by atoms with Crippen LogP contribution in [0.4, 0.5) is 4.79 Å². The molecule has 0 saturated carbocycles. The summed E-state index contributed by atoms with van der Waals surface area (Å²) in [6.07, 6.45) is 1.09. The third kappa shape index (κ3) is 1.77. The van der Waals surface area contributed by atoms with Gasteiger partial charge in [0, 0.05) is 13.1 Å². The monoisotopic (exact) mass is 184 g/mol. The van der Waals surface area contributed by atoms with E-state index in [4.69, 9.17) is 4.74 Å². The highest BCUT2D eigenvalue weighted by Gasteiger charge is 2.32. The van der Waals surface area contributed by atoms with Crippen molar-refractivity contribution >= 4 is 6.09 Å². The first kappa shape index (κ1) is 8.81. The van der Waals surface area contributed by atoms with E-state index in [0.29, 0.717) is 11.8 Å². The van der Waals surface area contributed by atoms with E-state index in [1.54, 1.807) is 0 Å². The lowest BCUT2D eigenvalue weighted by Crippen LogP contribution is -2.52. The van der Waals surface area contributed by atoms with Crippen molar-refractivity contribution in [2.75, 3.05) is 33.3 Å². The van der Waals surface area contributed by atoms with Gasteiger partial charge in [0.25, 0.3) is 0 Å². The largest absolute Gasteiger partial charge is 0.453 e. The van der Waals surface area contributed by atoms with Crippen molar-refractivity contribution in [2.45, 2.75) is 6.42 Å². The first-order chi connectivity index (χ1) is 6.29. The maximum Gasteiger partial charge on any atom is 0.409 e. The zero-order valence-electron chi connectivity index (χ0n) is 7.95. The number of hydrogen-bond acceptors (Lipinski definition) is 3. The summed E-state index contributed by atoms with van der Waals surface area (Å²) in [7, 11) is 1.45. The third-order valence-corrected chi connectivity index (χ3v) is 2.92. The number of ether oxygens (including phenoxy) is 1. The van der Waals surface area contributed by atoms with E-state index in [0.717, 1.165) is 26.2 Å². The van der Waals surface area contributed by atoms with Crippen LogP contribution in [-0.4, -0.2) is 44.3 Å². The van der Waals surface area contributed by atoms with Crippen LogP contribution in [0.25, 0.3) is 0 Å². The number of piperidine rings is 2. The molecule has 2 heterocycles. The van der Waals surface area contributed by atoms with Crippen LogP contribution in [0.1, 0.15) is 6.42 Å². The molecule has 0 aliphatic carbocycles. The second-order valence-electron chi connectivity index (χ2n) is 4.00. The van der Waals surface area contributed by atoms with Crippen molar-refractivity contribution in [3.8, 4) is 0 Å². The first-order valence-corrected chi connectivity index (χ1v) is 4.83. The summed E-state index contributed by atoms with van der Waals surface area (Å²) >= 11 is 0. The van der Waals surface area contributed by atoms with E-state index in [-0.39, 0.29) is 6.09 Å². The summed E-state index contributed by atoms with van der Waals surface area (Å²) in [5.41, 5.74) is 0. The number of likely N-dealkylation sites (tertiary alicyclic amines) is 1. The Bertz CT molecular complexity index is 196. The van der Waals surface area contributed by atoms with Gasteiger partial charge in [0.15, 0.2) is 0 Å². The predicted molar refractivity (Wildman–Crippen MR) is 48.4 cm³/mol. The number of hydrogen-bond donors (Lipinski definition) is 1. The van der Waals surface area contributed by atoms with Crippen molar-refractivity contribution in [1.82, 2.24) is 10.2 Å². The Hall–Kier alpha value is -0.770.